The summed E-state index contributed by atoms with van der Waals surface area (Å²) in [5, 5.41) is 2.31. The van der Waals surface area contributed by atoms with Crippen molar-refractivity contribution in [2.75, 3.05) is 4.90 Å². The van der Waals surface area contributed by atoms with Crippen LogP contribution in [0.1, 0.15) is 52.7 Å². The lowest BCUT2D eigenvalue weighted by Gasteiger charge is -2.37. The van der Waals surface area contributed by atoms with Crippen LogP contribution in [-0.4, -0.2) is 6.71 Å². The third-order valence-corrected chi connectivity index (χ3v) is 10.4. The van der Waals surface area contributed by atoms with Crippen LogP contribution in [0.25, 0.3) is 44.2 Å². The molecule has 0 saturated carbocycles. The zero-order valence-corrected chi connectivity index (χ0v) is 28.0. The molecule has 0 amide bonds. The minimum atomic E-state index is 0.0508. The van der Waals surface area contributed by atoms with Crippen LogP contribution < -0.4 is 21.3 Å². The molecule has 3 heteroatoms. The van der Waals surface area contributed by atoms with Gasteiger partial charge in [-0.05, 0) is 104 Å². The summed E-state index contributed by atoms with van der Waals surface area (Å²) in [4.78, 5) is 2.52. The Morgan fingerprint density at radius 2 is 1.21 bits per heavy atom. The van der Waals surface area contributed by atoms with Gasteiger partial charge in [-0.2, -0.15) is 0 Å². The lowest BCUT2D eigenvalue weighted by Crippen LogP contribution is -2.55. The van der Waals surface area contributed by atoms with Gasteiger partial charge in [0.05, 0.1) is 0 Å². The molecule has 0 aliphatic carbocycles. The Labute approximate surface area is 277 Å². The maximum atomic E-state index is 6.20. The Morgan fingerprint density at radius 3 is 2.00 bits per heavy atom. The summed E-state index contributed by atoms with van der Waals surface area (Å²) >= 11 is 0. The molecule has 2 aliphatic rings. The van der Waals surface area contributed by atoms with Crippen molar-refractivity contribution in [3.63, 3.8) is 0 Å². The number of benzene rings is 6. The van der Waals surface area contributed by atoms with Gasteiger partial charge in [-0.25, -0.2) is 0 Å². The van der Waals surface area contributed by atoms with Crippen molar-refractivity contribution < 1.29 is 4.42 Å². The number of fused-ring (bicyclic) bond motifs is 8. The van der Waals surface area contributed by atoms with E-state index >= 15 is 0 Å². The van der Waals surface area contributed by atoms with Gasteiger partial charge in [0.2, 0.25) is 6.71 Å². The van der Waals surface area contributed by atoms with Crippen LogP contribution in [-0.2, 0) is 10.8 Å². The molecule has 6 aromatic carbocycles. The SMILES string of the molecule is CC(C)(C)c1ccc(N2c3ccc(C(C)(C)C)cc3B3c4ccccc4-c4cc(-c5ccc6oc7ccccc7c6c5)cc2c43)cc1. The van der Waals surface area contributed by atoms with Gasteiger partial charge in [0.25, 0.3) is 0 Å². The molecule has 228 valence electrons. The molecule has 0 atom stereocenters. The Balaban J connectivity index is 1.33. The largest absolute Gasteiger partial charge is 0.456 e. The molecule has 0 unspecified atom stereocenters. The molecule has 9 rings (SSSR count). The fourth-order valence-electron chi connectivity index (χ4n) is 7.87. The monoisotopic (exact) mass is 607 g/mol. The van der Waals surface area contributed by atoms with Gasteiger partial charge in [-0.1, -0.05) is 120 Å². The number of rotatable bonds is 2. The van der Waals surface area contributed by atoms with Gasteiger partial charge < -0.3 is 9.32 Å². The van der Waals surface area contributed by atoms with Crippen molar-refractivity contribution >= 4 is 62.1 Å². The summed E-state index contributed by atoms with van der Waals surface area (Å²) in [5.74, 6) is 0. The third kappa shape index (κ3) is 4.26. The van der Waals surface area contributed by atoms with Gasteiger partial charge in [-0.3, -0.25) is 0 Å². The molecule has 0 radical (unpaired) electrons. The summed E-state index contributed by atoms with van der Waals surface area (Å²) in [7, 11) is 0. The molecule has 47 heavy (non-hydrogen) atoms. The molecule has 0 saturated heterocycles. The molecule has 2 aliphatic heterocycles. The van der Waals surface area contributed by atoms with Crippen LogP contribution in [0.4, 0.5) is 17.1 Å². The van der Waals surface area contributed by atoms with Gasteiger partial charge in [-0.15, -0.1) is 0 Å². The van der Waals surface area contributed by atoms with E-state index in [0.717, 1.165) is 21.9 Å². The average Bonchev–Trinajstić information content (AvgIpc) is 3.60. The lowest BCUT2D eigenvalue weighted by molar-refractivity contribution is 0.590. The molecular formula is C44H38BNO. The van der Waals surface area contributed by atoms with Crippen molar-refractivity contribution in [3.8, 4) is 22.3 Å². The number of anilines is 3. The quantitative estimate of drug-likeness (QED) is 0.182. The van der Waals surface area contributed by atoms with Gasteiger partial charge in [0.15, 0.2) is 0 Å². The Hall–Kier alpha value is -5.02. The summed E-state index contributed by atoms with van der Waals surface area (Å²) in [6, 6.07) is 45.3. The predicted molar refractivity (Wildman–Crippen MR) is 201 cm³/mol. The summed E-state index contributed by atoms with van der Waals surface area (Å²) in [6.07, 6.45) is 0. The van der Waals surface area contributed by atoms with Crippen LogP contribution >= 0.6 is 0 Å². The zero-order valence-electron chi connectivity index (χ0n) is 28.0. The number of hydrogen-bond acceptors (Lipinski definition) is 2. The molecule has 1 aromatic heterocycles. The maximum Gasteiger partial charge on any atom is 0.248 e. The highest BCUT2D eigenvalue weighted by Crippen LogP contribution is 2.44. The van der Waals surface area contributed by atoms with E-state index in [4.69, 9.17) is 4.42 Å². The van der Waals surface area contributed by atoms with E-state index in [2.05, 4.69) is 162 Å². The molecule has 0 N–H and O–H groups in total. The minimum Gasteiger partial charge on any atom is -0.456 e. The van der Waals surface area contributed by atoms with Crippen molar-refractivity contribution in [2.45, 2.75) is 52.4 Å². The maximum absolute atomic E-state index is 6.20. The molecule has 3 heterocycles. The van der Waals surface area contributed by atoms with Crippen LogP contribution in [0, 0.1) is 0 Å². The average molecular weight is 608 g/mol. The fourth-order valence-corrected chi connectivity index (χ4v) is 7.87. The van der Waals surface area contributed by atoms with Crippen molar-refractivity contribution in [2.24, 2.45) is 0 Å². The van der Waals surface area contributed by atoms with Gasteiger partial charge in [0.1, 0.15) is 11.2 Å². The highest BCUT2D eigenvalue weighted by molar-refractivity contribution is 7.01. The zero-order chi connectivity index (χ0) is 32.2. The standard InChI is InChI=1S/C44H38BNO/c1-43(2,3)29-16-19-31(20-17-29)46-38-21-18-30(44(4,5)6)26-37(38)45-36-13-9-7-11-32(36)35-24-28(25-39(46)42(35)45)27-15-22-41-34(23-27)33-12-8-10-14-40(33)47-41/h7-26H,1-6H3. The highest BCUT2D eigenvalue weighted by atomic mass is 16.3. The fraction of sp³-hybridized carbons (Fsp3) is 0.182. The second-order valence-electron chi connectivity index (χ2n) is 15.4. The number of hydrogen-bond donors (Lipinski definition) is 0. The number of furan rings is 1. The molecule has 2 nitrogen and oxygen atoms in total. The van der Waals surface area contributed by atoms with E-state index in [0.29, 0.717) is 0 Å². The number of para-hydroxylation sites is 1. The van der Waals surface area contributed by atoms with E-state index in [1.807, 2.05) is 6.07 Å². The minimum absolute atomic E-state index is 0.0508. The first-order valence-corrected chi connectivity index (χ1v) is 16.8. The topological polar surface area (TPSA) is 16.4 Å². The van der Waals surface area contributed by atoms with Crippen LogP contribution in [0.3, 0.4) is 0 Å². The van der Waals surface area contributed by atoms with Gasteiger partial charge >= 0.3 is 0 Å². The molecule has 0 bridgehead atoms. The Morgan fingerprint density at radius 1 is 0.511 bits per heavy atom. The Kier molecular flexibility index (Phi) is 5.85. The summed E-state index contributed by atoms with van der Waals surface area (Å²) < 4.78 is 6.20. The summed E-state index contributed by atoms with van der Waals surface area (Å²) in [6.45, 7) is 14.0. The van der Waals surface area contributed by atoms with E-state index in [1.165, 1.54) is 66.8 Å². The van der Waals surface area contributed by atoms with Crippen molar-refractivity contribution in [3.05, 3.63) is 132 Å². The van der Waals surface area contributed by atoms with Crippen LogP contribution in [0.2, 0.25) is 0 Å². The highest BCUT2D eigenvalue weighted by Gasteiger charge is 2.43. The second-order valence-corrected chi connectivity index (χ2v) is 15.4. The second kappa shape index (κ2) is 9.75. The van der Waals surface area contributed by atoms with Crippen molar-refractivity contribution in [1.29, 1.82) is 0 Å². The first kappa shape index (κ1) is 28.2. The normalized spacial score (nSPS) is 13.7. The first-order chi connectivity index (χ1) is 22.6. The number of nitrogens with zero attached hydrogens (tertiary/aromatic N) is 1. The first-order valence-electron chi connectivity index (χ1n) is 16.8. The Bertz CT molecular complexity index is 2380. The summed E-state index contributed by atoms with van der Waals surface area (Å²) in [5.41, 5.74) is 17.7. The van der Waals surface area contributed by atoms with Crippen molar-refractivity contribution in [1.82, 2.24) is 0 Å². The van der Waals surface area contributed by atoms with E-state index in [-0.39, 0.29) is 17.5 Å². The third-order valence-electron chi connectivity index (χ3n) is 10.4. The smallest absolute Gasteiger partial charge is 0.248 e. The van der Waals surface area contributed by atoms with E-state index in [9.17, 15) is 0 Å². The van der Waals surface area contributed by atoms with Crippen LogP contribution in [0.5, 0.6) is 0 Å². The lowest BCUT2D eigenvalue weighted by atomic mass is 9.37. The van der Waals surface area contributed by atoms with Gasteiger partial charge in [0, 0.05) is 27.8 Å². The molecule has 0 spiro atoms. The van der Waals surface area contributed by atoms with E-state index < -0.39 is 0 Å². The predicted octanol–water partition coefficient (Wildman–Crippen LogP) is 10.1. The molecular weight excluding hydrogens is 569 g/mol. The molecule has 7 aromatic rings. The van der Waals surface area contributed by atoms with Crippen LogP contribution in [0.15, 0.2) is 126 Å². The molecule has 0 fully saturated rings. The van der Waals surface area contributed by atoms with E-state index in [1.54, 1.807) is 0 Å².